The molecule has 192 valence electrons. The predicted molar refractivity (Wildman–Crippen MR) is 135 cm³/mol. The largest absolute Gasteiger partial charge is 0.481 e. The van der Waals surface area contributed by atoms with Gasteiger partial charge in [-0.3, -0.25) is 19.7 Å². The van der Waals surface area contributed by atoms with Crippen LogP contribution in [0.25, 0.3) is 0 Å². The van der Waals surface area contributed by atoms with Gasteiger partial charge < -0.3 is 24.5 Å². The van der Waals surface area contributed by atoms with Crippen molar-refractivity contribution < 1.29 is 29.0 Å². The molecule has 2 aromatic carbocycles. The van der Waals surface area contributed by atoms with Crippen molar-refractivity contribution in [3.63, 3.8) is 0 Å². The number of carboxylic acid groups (broad SMARTS) is 1. The van der Waals surface area contributed by atoms with Gasteiger partial charge in [0, 0.05) is 18.5 Å². The van der Waals surface area contributed by atoms with Gasteiger partial charge in [-0.25, -0.2) is 4.79 Å². The van der Waals surface area contributed by atoms with E-state index >= 15 is 0 Å². The summed E-state index contributed by atoms with van der Waals surface area (Å²) < 4.78 is 6.36. The fraction of sp³-hybridized carbons (Fsp3) is 0.222. The molecule has 0 bridgehead atoms. The first kappa shape index (κ1) is 26.9. The van der Waals surface area contributed by atoms with Crippen LogP contribution in [-0.2, 0) is 38.5 Å². The van der Waals surface area contributed by atoms with Crippen LogP contribution in [-0.4, -0.2) is 46.6 Å². The molecule has 0 saturated heterocycles. The summed E-state index contributed by atoms with van der Waals surface area (Å²) in [6, 6.07) is 20.5. The van der Waals surface area contributed by atoms with Crippen LogP contribution in [0.1, 0.15) is 23.2 Å². The molecular formula is C27H27N3O7. The van der Waals surface area contributed by atoms with Gasteiger partial charge in [0.15, 0.2) is 0 Å². The number of aliphatic carboxylic acids is 1. The quantitative estimate of drug-likeness (QED) is 0.321. The van der Waals surface area contributed by atoms with Crippen molar-refractivity contribution in [1.29, 1.82) is 0 Å². The van der Waals surface area contributed by atoms with Crippen molar-refractivity contribution in [2.24, 2.45) is 0 Å². The number of nitrogens with zero attached hydrogens (tertiary/aromatic N) is 1. The number of pyridine rings is 1. The fourth-order valence-corrected chi connectivity index (χ4v) is 3.61. The lowest BCUT2D eigenvalue weighted by Crippen LogP contribution is -2.41. The lowest BCUT2D eigenvalue weighted by atomic mass is 10.1. The maximum Gasteiger partial charge on any atom is 0.411 e. The Balaban J connectivity index is 1.76. The molecule has 0 saturated carbocycles. The molecule has 3 N–H and O–H groups in total. The smallest absolute Gasteiger partial charge is 0.411 e. The Bertz CT molecular complexity index is 1290. The highest BCUT2D eigenvalue weighted by Crippen LogP contribution is 2.12. The zero-order chi connectivity index (χ0) is 26.6. The summed E-state index contributed by atoms with van der Waals surface area (Å²) in [5.41, 5.74) is 1.62. The zero-order valence-electron chi connectivity index (χ0n) is 20.0. The molecule has 0 aliphatic heterocycles. The molecule has 0 radical (unpaired) electrons. The van der Waals surface area contributed by atoms with E-state index in [1.54, 1.807) is 6.07 Å². The zero-order valence-corrected chi connectivity index (χ0v) is 20.0. The number of nitrogens with one attached hydrogen (secondary N) is 2. The summed E-state index contributed by atoms with van der Waals surface area (Å²) in [5.74, 6) is -1.98. The van der Waals surface area contributed by atoms with Gasteiger partial charge >= 0.3 is 12.1 Å². The van der Waals surface area contributed by atoms with E-state index in [2.05, 4.69) is 10.6 Å². The SMILES string of the molecule is O=C[C@H](CC(=O)O)NC(=O)Cn1c(Cc2ccccc2)ccc(NC(=O)OCCc2ccccc2)c1=O. The lowest BCUT2D eigenvalue weighted by molar-refractivity contribution is -0.138. The van der Waals surface area contributed by atoms with Gasteiger partial charge in [0.1, 0.15) is 18.5 Å². The molecular weight excluding hydrogens is 478 g/mol. The second kappa shape index (κ2) is 13.4. The van der Waals surface area contributed by atoms with E-state index in [1.807, 2.05) is 60.7 Å². The van der Waals surface area contributed by atoms with Gasteiger partial charge in [0.2, 0.25) is 5.91 Å². The number of carboxylic acids is 1. The molecule has 0 fully saturated rings. The summed E-state index contributed by atoms with van der Waals surface area (Å²) in [6.07, 6.45) is -0.261. The highest BCUT2D eigenvalue weighted by atomic mass is 16.5. The average Bonchev–Trinajstić information content (AvgIpc) is 2.88. The van der Waals surface area contributed by atoms with Crippen molar-refractivity contribution in [3.05, 3.63) is 100.0 Å². The summed E-state index contributed by atoms with van der Waals surface area (Å²) in [5, 5.41) is 13.6. The standard InChI is InChI=1S/C27H27N3O7/c31-18-21(16-25(33)34)28-24(32)17-30-22(15-20-9-5-2-6-10-20)11-12-23(26(30)35)29-27(36)37-14-13-19-7-3-1-4-8-19/h1-12,18,21H,13-17H2,(H,28,32)(H,29,36)(H,33,34)/t21-/m0/s1. The van der Waals surface area contributed by atoms with Crippen LogP contribution >= 0.6 is 0 Å². The number of ether oxygens (including phenoxy) is 1. The van der Waals surface area contributed by atoms with E-state index in [0.717, 1.165) is 11.1 Å². The molecule has 10 nitrogen and oxygen atoms in total. The minimum Gasteiger partial charge on any atom is -0.481 e. The van der Waals surface area contributed by atoms with Crippen molar-refractivity contribution in [2.75, 3.05) is 11.9 Å². The molecule has 0 aliphatic rings. The van der Waals surface area contributed by atoms with Crippen molar-refractivity contribution >= 4 is 29.9 Å². The van der Waals surface area contributed by atoms with E-state index < -0.39 is 42.5 Å². The lowest BCUT2D eigenvalue weighted by Gasteiger charge is -2.17. The Hall–Kier alpha value is -4.73. The highest BCUT2D eigenvalue weighted by Gasteiger charge is 2.19. The van der Waals surface area contributed by atoms with Gasteiger partial charge in [-0.05, 0) is 23.3 Å². The molecule has 2 amide bonds. The van der Waals surface area contributed by atoms with Crippen LogP contribution in [0.5, 0.6) is 0 Å². The maximum absolute atomic E-state index is 13.2. The first-order chi connectivity index (χ1) is 17.9. The molecule has 1 heterocycles. The molecule has 3 aromatic rings. The van der Waals surface area contributed by atoms with E-state index in [-0.39, 0.29) is 12.3 Å². The molecule has 10 heteroatoms. The molecule has 1 aromatic heterocycles. The number of aldehydes is 1. The third-order valence-corrected chi connectivity index (χ3v) is 5.40. The van der Waals surface area contributed by atoms with Crippen LogP contribution in [0.4, 0.5) is 10.5 Å². The average molecular weight is 506 g/mol. The Morgan fingerprint density at radius 1 is 0.946 bits per heavy atom. The Kier molecular flexibility index (Phi) is 9.72. The van der Waals surface area contributed by atoms with Crippen molar-refractivity contribution in [2.45, 2.75) is 31.8 Å². The molecule has 37 heavy (non-hydrogen) atoms. The Morgan fingerprint density at radius 2 is 1.59 bits per heavy atom. The van der Waals surface area contributed by atoms with Crippen LogP contribution < -0.4 is 16.2 Å². The molecule has 3 rings (SSSR count). The first-order valence-electron chi connectivity index (χ1n) is 11.6. The van der Waals surface area contributed by atoms with Crippen LogP contribution in [0.2, 0.25) is 0 Å². The molecule has 0 spiro atoms. The Morgan fingerprint density at radius 3 is 2.22 bits per heavy atom. The molecule has 0 unspecified atom stereocenters. The number of hydrogen-bond acceptors (Lipinski definition) is 6. The number of carbonyl (C=O) groups excluding carboxylic acids is 3. The third-order valence-electron chi connectivity index (χ3n) is 5.40. The highest BCUT2D eigenvalue weighted by molar-refractivity contribution is 5.85. The minimum atomic E-state index is -1.25. The number of rotatable bonds is 12. The number of aromatic nitrogens is 1. The van der Waals surface area contributed by atoms with Crippen LogP contribution in [0.15, 0.2) is 77.6 Å². The summed E-state index contributed by atoms with van der Waals surface area (Å²) in [7, 11) is 0. The van der Waals surface area contributed by atoms with Gasteiger partial charge in [-0.2, -0.15) is 0 Å². The van der Waals surface area contributed by atoms with Gasteiger partial charge in [0.05, 0.1) is 19.1 Å². The predicted octanol–water partition coefficient (Wildman–Crippen LogP) is 2.39. The van der Waals surface area contributed by atoms with Crippen LogP contribution in [0, 0.1) is 0 Å². The normalized spacial score (nSPS) is 11.2. The van der Waals surface area contributed by atoms with Crippen molar-refractivity contribution in [3.8, 4) is 0 Å². The summed E-state index contributed by atoms with van der Waals surface area (Å²) in [4.78, 5) is 60.2. The number of amides is 2. The number of anilines is 1. The fourth-order valence-electron chi connectivity index (χ4n) is 3.61. The second-order valence-corrected chi connectivity index (χ2v) is 8.20. The Labute approximate surface area is 212 Å². The van der Waals surface area contributed by atoms with E-state index in [1.165, 1.54) is 10.6 Å². The number of hydrogen-bond donors (Lipinski definition) is 3. The van der Waals surface area contributed by atoms with Crippen LogP contribution in [0.3, 0.4) is 0 Å². The van der Waals surface area contributed by atoms with Gasteiger partial charge in [-0.1, -0.05) is 60.7 Å². The maximum atomic E-state index is 13.2. The van der Waals surface area contributed by atoms with E-state index in [0.29, 0.717) is 24.8 Å². The molecule has 1 atom stereocenters. The second-order valence-electron chi connectivity index (χ2n) is 8.20. The summed E-state index contributed by atoms with van der Waals surface area (Å²) >= 11 is 0. The monoisotopic (exact) mass is 505 g/mol. The van der Waals surface area contributed by atoms with E-state index in [9.17, 15) is 24.0 Å². The van der Waals surface area contributed by atoms with Gasteiger partial charge in [-0.15, -0.1) is 0 Å². The van der Waals surface area contributed by atoms with Crippen molar-refractivity contribution in [1.82, 2.24) is 9.88 Å². The summed E-state index contributed by atoms with van der Waals surface area (Å²) in [6.45, 7) is -0.376. The number of benzene rings is 2. The number of carbonyl (C=O) groups is 4. The minimum absolute atomic E-state index is 0.0909. The topological polar surface area (TPSA) is 144 Å². The van der Waals surface area contributed by atoms with Gasteiger partial charge in [0.25, 0.3) is 5.56 Å². The molecule has 0 aliphatic carbocycles. The third kappa shape index (κ3) is 8.46. The van der Waals surface area contributed by atoms with E-state index in [4.69, 9.17) is 9.84 Å². The first-order valence-corrected chi connectivity index (χ1v) is 11.6.